The molecule has 2 fully saturated rings. The lowest BCUT2D eigenvalue weighted by Gasteiger charge is -2.27. The van der Waals surface area contributed by atoms with Gasteiger partial charge < -0.3 is 24.3 Å². The van der Waals surface area contributed by atoms with Crippen LogP contribution >= 0.6 is 0 Å². The summed E-state index contributed by atoms with van der Waals surface area (Å²) in [6.07, 6.45) is 0.995. The zero-order valence-electron chi connectivity index (χ0n) is 19.0. The summed E-state index contributed by atoms with van der Waals surface area (Å²) >= 11 is 0. The van der Waals surface area contributed by atoms with Gasteiger partial charge in [0.15, 0.2) is 0 Å². The number of hydrogen-bond donors (Lipinski definition) is 0. The van der Waals surface area contributed by atoms with E-state index in [0.717, 1.165) is 45.7 Å². The first-order chi connectivity index (χ1) is 13.6. The molecule has 2 aliphatic rings. The van der Waals surface area contributed by atoms with Crippen LogP contribution in [0.1, 0.15) is 27.2 Å². The van der Waals surface area contributed by atoms with Crippen LogP contribution in [-0.4, -0.2) is 81.9 Å². The van der Waals surface area contributed by atoms with Gasteiger partial charge in [-0.05, 0) is 72.1 Å². The van der Waals surface area contributed by atoms with E-state index in [4.69, 9.17) is 4.74 Å². The smallest absolute Gasteiger partial charge is 0.410 e. The zero-order valence-corrected chi connectivity index (χ0v) is 19.0. The van der Waals surface area contributed by atoms with Crippen molar-refractivity contribution in [1.29, 1.82) is 0 Å². The number of fused-ring (bicyclic) bond motifs is 1. The summed E-state index contributed by atoms with van der Waals surface area (Å²) in [4.78, 5) is 21.3. The maximum absolute atomic E-state index is 12.3. The fraction of sp³-hybridized carbons (Fsp3) is 0.696. The summed E-state index contributed by atoms with van der Waals surface area (Å²) in [6.45, 7) is 11.6. The maximum atomic E-state index is 12.3. The number of benzene rings is 1. The summed E-state index contributed by atoms with van der Waals surface area (Å²) in [5, 5.41) is 0. The quantitative estimate of drug-likeness (QED) is 0.729. The summed E-state index contributed by atoms with van der Waals surface area (Å²) in [7, 11) is 6.40. The summed E-state index contributed by atoms with van der Waals surface area (Å²) in [6, 6.07) is 8.94. The standard InChI is InChI=1S/C23H38N4O2/c1-23(2,3)29-22(28)27-16-18-14-26(15-19(18)17-27)21-10-8-20(9-11-21)25(6)13-7-12-24(4)5/h8-11,18-19H,7,12-17H2,1-6H3. The number of rotatable bonds is 6. The molecule has 1 aromatic rings. The number of likely N-dealkylation sites (tertiary alicyclic amines) is 1. The molecule has 0 N–H and O–H groups in total. The molecule has 2 unspecified atom stereocenters. The molecule has 0 saturated carbocycles. The molecule has 1 aromatic carbocycles. The monoisotopic (exact) mass is 402 g/mol. The van der Waals surface area contributed by atoms with Crippen molar-refractivity contribution in [2.75, 3.05) is 70.2 Å². The van der Waals surface area contributed by atoms with Crippen molar-refractivity contribution in [1.82, 2.24) is 9.80 Å². The first kappa shape index (κ1) is 21.8. The van der Waals surface area contributed by atoms with E-state index in [1.807, 2.05) is 25.7 Å². The molecule has 1 amide bonds. The molecule has 3 rings (SSSR count). The Labute approximate surface area is 176 Å². The Bertz CT molecular complexity index is 669. The lowest BCUT2D eigenvalue weighted by molar-refractivity contribution is 0.0282. The third kappa shape index (κ3) is 5.78. The summed E-state index contributed by atoms with van der Waals surface area (Å²) in [5.41, 5.74) is 2.12. The molecule has 0 spiro atoms. The Kier molecular flexibility index (Phi) is 6.62. The van der Waals surface area contributed by atoms with Gasteiger partial charge in [-0.3, -0.25) is 0 Å². The topological polar surface area (TPSA) is 39.3 Å². The first-order valence-corrected chi connectivity index (χ1v) is 10.8. The van der Waals surface area contributed by atoms with E-state index in [9.17, 15) is 4.79 Å². The van der Waals surface area contributed by atoms with Crippen LogP contribution in [0.2, 0.25) is 0 Å². The third-order valence-corrected chi connectivity index (χ3v) is 5.89. The average Bonchev–Trinajstić information content (AvgIpc) is 3.19. The van der Waals surface area contributed by atoms with Gasteiger partial charge in [0.2, 0.25) is 0 Å². The molecule has 6 nitrogen and oxygen atoms in total. The van der Waals surface area contributed by atoms with Crippen molar-refractivity contribution in [3.05, 3.63) is 24.3 Å². The number of hydrogen-bond acceptors (Lipinski definition) is 5. The van der Waals surface area contributed by atoms with Crippen molar-refractivity contribution >= 4 is 17.5 Å². The minimum absolute atomic E-state index is 0.167. The summed E-state index contributed by atoms with van der Waals surface area (Å²) < 4.78 is 5.54. The molecule has 2 saturated heterocycles. The van der Waals surface area contributed by atoms with E-state index in [1.165, 1.54) is 11.4 Å². The Morgan fingerprint density at radius 3 is 2.10 bits per heavy atom. The summed E-state index contributed by atoms with van der Waals surface area (Å²) in [5.74, 6) is 1.08. The molecule has 29 heavy (non-hydrogen) atoms. The molecule has 2 aliphatic heterocycles. The average molecular weight is 403 g/mol. The molecular formula is C23H38N4O2. The van der Waals surface area contributed by atoms with Gasteiger partial charge in [0.25, 0.3) is 0 Å². The van der Waals surface area contributed by atoms with Crippen molar-refractivity contribution in [3.63, 3.8) is 0 Å². The SMILES string of the molecule is CN(C)CCCN(C)c1ccc(N2CC3CN(C(=O)OC(C)(C)C)CC3C2)cc1. The molecule has 2 atom stereocenters. The minimum Gasteiger partial charge on any atom is -0.444 e. The number of anilines is 2. The first-order valence-electron chi connectivity index (χ1n) is 10.8. The normalized spacial score (nSPS) is 21.6. The molecular weight excluding hydrogens is 364 g/mol. The van der Waals surface area contributed by atoms with Crippen LogP contribution in [0.15, 0.2) is 24.3 Å². The molecule has 0 bridgehead atoms. The highest BCUT2D eigenvalue weighted by atomic mass is 16.6. The van der Waals surface area contributed by atoms with Gasteiger partial charge in [-0.15, -0.1) is 0 Å². The number of carbonyl (C=O) groups is 1. The van der Waals surface area contributed by atoms with E-state index in [0.29, 0.717) is 11.8 Å². The highest BCUT2D eigenvalue weighted by molar-refractivity contribution is 5.68. The fourth-order valence-electron chi connectivity index (χ4n) is 4.35. The van der Waals surface area contributed by atoms with E-state index < -0.39 is 5.60 Å². The molecule has 6 heteroatoms. The molecule has 0 radical (unpaired) electrons. The highest BCUT2D eigenvalue weighted by Gasteiger charge is 2.42. The fourth-order valence-corrected chi connectivity index (χ4v) is 4.35. The van der Waals surface area contributed by atoms with Crippen molar-refractivity contribution in [2.45, 2.75) is 32.8 Å². The molecule has 0 aromatic heterocycles. The predicted molar refractivity (Wildman–Crippen MR) is 120 cm³/mol. The number of ether oxygens (including phenoxy) is 1. The van der Waals surface area contributed by atoms with E-state index in [2.05, 4.69) is 60.1 Å². The molecule has 162 valence electrons. The van der Waals surface area contributed by atoms with E-state index >= 15 is 0 Å². The van der Waals surface area contributed by atoms with Crippen LogP contribution < -0.4 is 9.80 Å². The van der Waals surface area contributed by atoms with Gasteiger partial charge in [-0.2, -0.15) is 0 Å². The van der Waals surface area contributed by atoms with Gasteiger partial charge in [0, 0.05) is 63.0 Å². The number of nitrogens with zero attached hydrogens (tertiary/aromatic N) is 4. The van der Waals surface area contributed by atoms with E-state index in [1.54, 1.807) is 0 Å². The predicted octanol–water partition coefficient (Wildman–Crippen LogP) is 3.38. The minimum atomic E-state index is -0.428. The second-order valence-corrected chi connectivity index (χ2v) is 9.91. The largest absolute Gasteiger partial charge is 0.444 e. The number of amides is 1. The Morgan fingerprint density at radius 1 is 1.00 bits per heavy atom. The van der Waals surface area contributed by atoms with Crippen LogP contribution in [0.3, 0.4) is 0 Å². The Hall–Kier alpha value is -1.95. The number of carbonyl (C=O) groups excluding carboxylic acids is 1. The van der Waals surface area contributed by atoms with Gasteiger partial charge in [0.1, 0.15) is 5.60 Å². The molecule has 2 heterocycles. The zero-order chi connectivity index (χ0) is 21.2. The lowest BCUT2D eigenvalue weighted by atomic mass is 10.0. The van der Waals surface area contributed by atoms with Crippen molar-refractivity contribution in [3.8, 4) is 0 Å². The van der Waals surface area contributed by atoms with Gasteiger partial charge >= 0.3 is 6.09 Å². The van der Waals surface area contributed by atoms with Crippen LogP contribution in [-0.2, 0) is 4.74 Å². The van der Waals surface area contributed by atoms with Crippen molar-refractivity contribution < 1.29 is 9.53 Å². The van der Waals surface area contributed by atoms with Crippen LogP contribution in [0.4, 0.5) is 16.2 Å². The lowest BCUT2D eigenvalue weighted by Crippen LogP contribution is -2.37. The second-order valence-electron chi connectivity index (χ2n) is 9.91. The van der Waals surface area contributed by atoms with Gasteiger partial charge in [-0.1, -0.05) is 0 Å². The van der Waals surface area contributed by atoms with E-state index in [-0.39, 0.29) is 6.09 Å². The Balaban J connectivity index is 1.50. The van der Waals surface area contributed by atoms with Crippen molar-refractivity contribution in [2.24, 2.45) is 11.8 Å². The highest BCUT2D eigenvalue weighted by Crippen LogP contribution is 2.35. The van der Waals surface area contributed by atoms with Gasteiger partial charge in [0.05, 0.1) is 0 Å². The third-order valence-electron chi connectivity index (χ3n) is 5.89. The van der Waals surface area contributed by atoms with Crippen LogP contribution in [0.5, 0.6) is 0 Å². The molecule has 0 aliphatic carbocycles. The maximum Gasteiger partial charge on any atom is 0.410 e. The Morgan fingerprint density at radius 2 is 1.59 bits per heavy atom. The van der Waals surface area contributed by atoms with Crippen LogP contribution in [0, 0.1) is 11.8 Å². The van der Waals surface area contributed by atoms with Crippen LogP contribution in [0.25, 0.3) is 0 Å². The second kappa shape index (κ2) is 8.82. The van der Waals surface area contributed by atoms with Gasteiger partial charge in [-0.25, -0.2) is 4.79 Å².